The number of hydrogen-bond acceptors (Lipinski definition) is 6. The van der Waals surface area contributed by atoms with Crippen molar-refractivity contribution in [2.24, 2.45) is 0 Å². The van der Waals surface area contributed by atoms with Crippen LogP contribution >= 0.6 is 11.6 Å². The maximum atomic E-state index is 15.2. The fourth-order valence-corrected chi connectivity index (χ4v) is 4.87. The zero-order valence-electron chi connectivity index (χ0n) is 18.1. The molecule has 1 saturated carbocycles. The first kappa shape index (κ1) is 22.3. The van der Waals surface area contributed by atoms with E-state index in [0.717, 1.165) is 18.9 Å². The lowest BCUT2D eigenvalue weighted by molar-refractivity contribution is -0.121. The standard InChI is InChI=1S/C22H22ClFN6O4/c23-18-19-14(21(32)15(22(33)34)11-30(19)13-1-2-13)9-16(24)20(18)28-6-3-12(10-28)26-17(31)4-7-29-8-5-25-27-29/h5,8-9,11-13H,1-4,6-7,10H2,(H,26,31)(H,33,34). The second-order valence-electron chi connectivity index (χ2n) is 8.65. The van der Waals surface area contributed by atoms with Gasteiger partial charge in [-0.2, -0.15) is 0 Å². The molecule has 1 unspecified atom stereocenters. The Bertz CT molecular complexity index is 1340. The molecule has 1 amide bonds. The number of pyridine rings is 1. The summed E-state index contributed by atoms with van der Waals surface area (Å²) in [5.41, 5.74) is -0.663. The van der Waals surface area contributed by atoms with Gasteiger partial charge < -0.3 is 19.9 Å². The van der Waals surface area contributed by atoms with Gasteiger partial charge in [0.1, 0.15) is 11.4 Å². The van der Waals surface area contributed by atoms with Crippen molar-refractivity contribution in [3.63, 3.8) is 0 Å². The summed E-state index contributed by atoms with van der Waals surface area (Å²) >= 11 is 6.68. The Morgan fingerprint density at radius 2 is 2.09 bits per heavy atom. The first-order valence-corrected chi connectivity index (χ1v) is 11.4. The summed E-state index contributed by atoms with van der Waals surface area (Å²) in [6.45, 7) is 1.24. The highest BCUT2D eigenvalue weighted by Gasteiger charge is 2.32. The smallest absolute Gasteiger partial charge is 0.341 e. The van der Waals surface area contributed by atoms with Crippen LogP contribution in [0.3, 0.4) is 0 Å². The predicted molar refractivity (Wildman–Crippen MR) is 122 cm³/mol. The van der Waals surface area contributed by atoms with Crippen LogP contribution in [0.4, 0.5) is 10.1 Å². The Hall–Kier alpha value is -3.47. The number of fused-ring (bicyclic) bond motifs is 1. The number of aromatic carboxylic acids is 1. The average Bonchev–Trinajstić information content (AvgIpc) is 3.31. The van der Waals surface area contributed by atoms with Gasteiger partial charge in [-0.05, 0) is 25.3 Å². The van der Waals surface area contributed by atoms with Crippen molar-refractivity contribution in [1.29, 1.82) is 0 Å². The molecule has 1 saturated heterocycles. The topological polar surface area (TPSA) is 122 Å². The second-order valence-corrected chi connectivity index (χ2v) is 9.03. The number of hydrogen-bond donors (Lipinski definition) is 2. The molecular weight excluding hydrogens is 467 g/mol. The monoisotopic (exact) mass is 488 g/mol. The number of carbonyl (C=O) groups excluding carboxylic acids is 1. The molecule has 3 aromatic rings. The molecule has 2 fully saturated rings. The molecule has 1 aromatic carbocycles. The fraction of sp³-hybridized carbons (Fsp3) is 0.409. The van der Waals surface area contributed by atoms with Gasteiger partial charge in [0.05, 0.1) is 34.4 Å². The number of aryl methyl sites for hydroxylation is 1. The molecule has 5 rings (SSSR count). The van der Waals surface area contributed by atoms with Crippen LogP contribution in [0.1, 0.15) is 42.1 Å². The van der Waals surface area contributed by atoms with E-state index in [1.54, 1.807) is 26.5 Å². The van der Waals surface area contributed by atoms with Gasteiger partial charge in [0.25, 0.3) is 0 Å². The van der Waals surface area contributed by atoms with Gasteiger partial charge in [-0.3, -0.25) is 14.3 Å². The normalized spacial score (nSPS) is 17.9. The summed E-state index contributed by atoms with van der Waals surface area (Å²) in [5.74, 6) is -2.20. The van der Waals surface area contributed by atoms with E-state index in [2.05, 4.69) is 15.6 Å². The molecule has 2 aromatic heterocycles. The summed E-state index contributed by atoms with van der Waals surface area (Å²) in [5, 5.41) is 19.9. The van der Waals surface area contributed by atoms with Gasteiger partial charge in [-0.15, -0.1) is 5.10 Å². The van der Waals surface area contributed by atoms with Crippen LogP contribution in [-0.2, 0) is 11.3 Å². The van der Waals surface area contributed by atoms with Crippen LogP contribution in [0.25, 0.3) is 10.9 Å². The quantitative estimate of drug-likeness (QED) is 0.522. The molecule has 0 spiro atoms. The lowest BCUT2D eigenvalue weighted by Gasteiger charge is -2.23. The van der Waals surface area contributed by atoms with E-state index in [1.807, 2.05) is 0 Å². The highest BCUT2D eigenvalue weighted by atomic mass is 35.5. The third-order valence-corrected chi connectivity index (χ3v) is 6.62. The van der Waals surface area contributed by atoms with Crippen LogP contribution in [0.15, 0.2) is 29.5 Å². The maximum Gasteiger partial charge on any atom is 0.341 e. The van der Waals surface area contributed by atoms with Crippen molar-refractivity contribution >= 4 is 40.1 Å². The van der Waals surface area contributed by atoms with Gasteiger partial charge in [-0.1, -0.05) is 16.8 Å². The van der Waals surface area contributed by atoms with Gasteiger partial charge in [0.15, 0.2) is 0 Å². The molecule has 1 aliphatic heterocycles. The predicted octanol–water partition coefficient (Wildman–Crippen LogP) is 2.20. The van der Waals surface area contributed by atoms with E-state index in [-0.39, 0.29) is 40.5 Å². The number of nitrogens with zero attached hydrogens (tertiary/aromatic N) is 5. The van der Waals surface area contributed by atoms with Crippen molar-refractivity contribution in [1.82, 2.24) is 24.9 Å². The summed E-state index contributed by atoms with van der Waals surface area (Å²) in [7, 11) is 0. The van der Waals surface area contributed by atoms with E-state index < -0.39 is 22.8 Å². The van der Waals surface area contributed by atoms with Crippen LogP contribution in [0, 0.1) is 5.82 Å². The number of carbonyl (C=O) groups is 2. The highest BCUT2D eigenvalue weighted by Crippen LogP contribution is 2.42. The minimum absolute atomic E-state index is 0.0209. The first-order valence-electron chi connectivity index (χ1n) is 11.0. The van der Waals surface area contributed by atoms with Gasteiger partial charge in [-0.25, -0.2) is 9.18 Å². The molecule has 2 aliphatic rings. The minimum Gasteiger partial charge on any atom is -0.477 e. The maximum absolute atomic E-state index is 15.2. The molecule has 1 atom stereocenters. The molecule has 12 heteroatoms. The van der Waals surface area contributed by atoms with Crippen molar-refractivity contribution in [2.75, 3.05) is 18.0 Å². The third kappa shape index (κ3) is 4.11. The molecular formula is C22H22ClFN6O4. The molecule has 10 nitrogen and oxygen atoms in total. The summed E-state index contributed by atoms with van der Waals surface area (Å²) in [4.78, 5) is 38.4. The van der Waals surface area contributed by atoms with Crippen LogP contribution in [0.2, 0.25) is 5.02 Å². The second kappa shape index (κ2) is 8.71. The van der Waals surface area contributed by atoms with E-state index in [0.29, 0.717) is 31.6 Å². The van der Waals surface area contributed by atoms with E-state index in [9.17, 15) is 19.5 Å². The highest BCUT2D eigenvalue weighted by molar-refractivity contribution is 6.38. The van der Waals surface area contributed by atoms with E-state index >= 15 is 4.39 Å². The number of carboxylic acid groups (broad SMARTS) is 1. The zero-order valence-corrected chi connectivity index (χ0v) is 18.8. The van der Waals surface area contributed by atoms with Crippen molar-refractivity contribution in [3.05, 3.63) is 51.3 Å². The van der Waals surface area contributed by atoms with Gasteiger partial charge in [0.2, 0.25) is 11.3 Å². The number of amides is 1. The molecule has 178 valence electrons. The van der Waals surface area contributed by atoms with Gasteiger partial charge >= 0.3 is 5.97 Å². The number of anilines is 1. The first-order chi connectivity index (χ1) is 16.3. The number of rotatable bonds is 7. The van der Waals surface area contributed by atoms with Gasteiger partial charge in [0, 0.05) is 44.0 Å². The molecule has 34 heavy (non-hydrogen) atoms. The summed E-state index contributed by atoms with van der Waals surface area (Å²) < 4.78 is 18.5. The Kier molecular flexibility index (Phi) is 5.72. The SMILES string of the molecule is O=C(CCn1ccnn1)NC1CCN(c2c(F)cc3c(=O)c(C(=O)O)cn(C4CC4)c3c2Cl)C1. The van der Waals surface area contributed by atoms with Crippen LogP contribution < -0.4 is 15.6 Å². The Morgan fingerprint density at radius 1 is 1.29 bits per heavy atom. The van der Waals surface area contributed by atoms with Crippen molar-refractivity contribution in [3.8, 4) is 0 Å². The lowest BCUT2D eigenvalue weighted by atomic mass is 10.1. The summed E-state index contributed by atoms with van der Waals surface area (Å²) in [6, 6.07) is 0.913. The number of nitrogens with one attached hydrogen (secondary N) is 1. The Balaban J connectivity index is 1.40. The van der Waals surface area contributed by atoms with E-state index in [4.69, 9.17) is 11.6 Å². The fourth-order valence-electron chi connectivity index (χ4n) is 4.46. The van der Waals surface area contributed by atoms with Crippen LogP contribution in [-0.4, -0.2) is 55.7 Å². The Labute approximate surface area is 197 Å². The largest absolute Gasteiger partial charge is 0.477 e. The number of carboxylic acids is 1. The summed E-state index contributed by atoms with van der Waals surface area (Å²) in [6.07, 6.45) is 7.02. The lowest BCUT2D eigenvalue weighted by Crippen LogP contribution is -2.37. The number of aromatic nitrogens is 4. The average molecular weight is 489 g/mol. The van der Waals surface area contributed by atoms with E-state index in [1.165, 1.54) is 6.20 Å². The van der Waals surface area contributed by atoms with Crippen molar-refractivity contribution < 1.29 is 19.1 Å². The molecule has 0 radical (unpaired) electrons. The molecule has 3 heterocycles. The zero-order chi connectivity index (χ0) is 24.0. The third-order valence-electron chi connectivity index (χ3n) is 6.26. The number of halogens is 2. The molecule has 1 aliphatic carbocycles. The minimum atomic E-state index is -1.36. The van der Waals surface area contributed by atoms with Crippen LogP contribution in [0.5, 0.6) is 0 Å². The number of benzene rings is 1. The molecule has 2 N–H and O–H groups in total. The van der Waals surface area contributed by atoms with Crippen molar-refractivity contribution in [2.45, 2.75) is 44.3 Å². The Morgan fingerprint density at radius 3 is 2.76 bits per heavy atom. The molecule has 0 bridgehead atoms.